The Morgan fingerprint density at radius 2 is 1.85 bits per heavy atom. The molecular formula is C16H26N2O2. The van der Waals surface area contributed by atoms with E-state index in [1.807, 2.05) is 45.0 Å². The fourth-order valence-corrected chi connectivity index (χ4v) is 1.97. The zero-order valence-corrected chi connectivity index (χ0v) is 12.9. The Hall–Kier alpha value is -1.55. The van der Waals surface area contributed by atoms with Crippen LogP contribution in [0.2, 0.25) is 0 Å². The molecule has 0 aliphatic heterocycles. The van der Waals surface area contributed by atoms with Crippen LogP contribution in [0.4, 0.5) is 0 Å². The summed E-state index contributed by atoms with van der Waals surface area (Å²) in [5.41, 5.74) is 1.14. The Balaban J connectivity index is 2.52. The van der Waals surface area contributed by atoms with Gasteiger partial charge in [0.05, 0.1) is 12.6 Å². The summed E-state index contributed by atoms with van der Waals surface area (Å²) in [5.74, 6) is 0.918. The van der Waals surface area contributed by atoms with E-state index in [1.54, 1.807) is 0 Å². The number of rotatable bonds is 8. The molecule has 0 heterocycles. The topological polar surface area (TPSA) is 50.4 Å². The summed E-state index contributed by atoms with van der Waals surface area (Å²) >= 11 is 0. The lowest BCUT2D eigenvalue weighted by atomic mass is 10.1. The third kappa shape index (κ3) is 5.21. The maximum absolute atomic E-state index is 11.8. The Kier molecular flexibility index (Phi) is 7.09. The van der Waals surface area contributed by atoms with Crippen molar-refractivity contribution in [2.75, 3.05) is 13.2 Å². The predicted octanol–water partition coefficient (Wildman–Crippen LogP) is 2.65. The molecule has 112 valence electrons. The van der Waals surface area contributed by atoms with Gasteiger partial charge in [-0.1, -0.05) is 19.1 Å². The minimum atomic E-state index is -0.205. The second-order valence-corrected chi connectivity index (χ2v) is 4.90. The molecule has 0 aromatic heterocycles. The SMILES string of the molecule is CCCNC(=O)C(C)NC(C)c1ccc(OCC)cc1. The predicted molar refractivity (Wildman–Crippen MR) is 81.9 cm³/mol. The van der Waals surface area contributed by atoms with E-state index in [1.165, 1.54) is 0 Å². The molecular weight excluding hydrogens is 252 g/mol. The number of amides is 1. The molecule has 0 spiro atoms. The van der Waals surface area contributed by atoms with E-state index in [-0.39, 0.29) is 18.0 Å². The zero-order valence-electron chi connectivity index (χ0n) is 12.9. The van der Waals surface area contributed by atoms with E-state index in [0.717, 1.165) is 24.3 Å². The molecule has 4 heteroatoms. The van der Waals surface area contributed by atoms with Crippen molar-refractivity contribution in [3.8, 4) is 5.75 Å². The van der Waals surface area contributed by atoms with Gasteiger partial charge in [-0.15, -0.1) is 0 Å². The number of hydrogen-bond donors (Lipinski definition) is 2. The lowest BCUT2D eigenvalue weighted by Gasteiger charge is -2.20. The Morgan fingerprint density at radius 1 is 1.20 bits per heavy atom. The summed E-state index contributed by atoms with van der Waals surface area (Å²) < 4.78 is 5.42. The van der Waals surface area contributed by atoms with Crippen LogP contribution in [-0.2, 0) is 4.79 Å². The van der Waals surface area contributed by atoms with Crippen LogP contribution in [0.5, 0.6) is 5.75 Å². The quantitative estimate of drug-likeness (QED) is 0.768. The second-order valence-electron chi connectivity index (χ2n) is 4.90. The molecule has 1 rings (SSSR count). The smallest absolute Gasteiger partial charge is 0.236 e. The van der Waals surface area contributed by atoms with Crippen LogP contribution < -0.4 is 15.4 Å². The number of benzene rings is 1. The molecule has 0 saturated carbocycles. The molecule has 2 N–H and O–H groups in total. The van der Waals surface area contributed by atoms with E-state index in [2.05, 4.69) is 17.6 Å². The van der Waals surface area contributed by atoms with Crippen molar-refractivity contribution in [2.45, 2.75) is 46.2 Å². The monoisotopic (exact) mass is 278 g/mol. The summed E-state index contributed by atoms with van der Waals surface area (Å²) in [4.78, 5) is 11.8. The summed E-state index contributed by atoms with van der Waals surface area (Å²) in [7, 11) is 0. The third-order valence-electron chi connectivity index (χ3n) is 3.13. The van der Waals surface area contributed by atoms with Crippen molar-refractivity contribution < 1.29 is 9.53 Å². The van der Waals surface area contributed by atoms with Crippen molar-refractivity contribution in [3.05, 3.63) is 29.8 Å². The summed E-state index contributed by atoms with van der Waals surface area (Å²) in [5, 5.41) is 6.20. The van der Waals surface area contributed by atoms with Crippen LogP contribution in [0.25, 0.3) is 0 Å². The average Bonchev–Trinajstić information content (AvgIpc) is 2.45. The fraction of sp³-hybridized carbons (Fsp3) is 0.562. The fourth-order valence-electron chi connectivity index (χ4n) is 1.97. The van der Waals surface area contributed by atoms with Crippen molar-refractivity contribution in [1.82, 2.24) is 10.6 Å². The van der Waals surface area contributed by atoms with Crippen LogP contribution in [0, 0.1) is 0 Å². The van der Waals surface area contributed by atoms with E-state index < -0.39 is 0 Å². The lowest BCUT2D eigenvalue weighted by molar-refractivity contribution is -0.122. The van der Waals surface area contributed by atoms with Gasteiger partial charge in [-0.2, -0.15) is 0 Å². The van der Waals surface area contributed by atoms with Crippen molar-refractivity contribution in [3.63, 3.8) is 0 Å². The highest BCUT2D eigenvalue weighted by molar-refractivity contribution is 5.81. The first-order valence-corrected chi connectivity index (χ1v) is 7.35. The van der Waals surface area contributed by atoms with Crippen LogP contribution in [0.15, 0.2) is 24.3 Å². The molecule has 0 aliphatic rings. The van der Waals surface area contributed by atoms with Gasteiger partial charge in [-0.3, -0.25) is 10.1 Å². The normalized spacial score (nSPS) is 13.6. The number of carbonyl (C=O) groups excluding carboxylic acids is 1. The van der Waals surface area contributed by atoms with Crippen LogP contribution in [-0.4, -0.2) is 25.1 Å². The van der Waals surface area contributed by atoms with Gasteiger partial charge in [0.1, 0.15) is 5.75 Å². The van der Waals surface area contributed by atoms with Gasteiger partial charge in [-0.25, -0.2) is 0 Å². The molecule has 0 saturated heterocycles. The number of ether oxygens (including phenoxy) is 1. The van der Waals surface area contributed by atoms with Gasteiger partial charge in [-0.05, 0) is 44.9 Å². The van der Waals surface area contributed by atoms with Crippen LogP contribution >= 0.6 is 0 Å². The first-order chi connectivity index (χ1) is 9.58. The van der Waals surface area contributed by atoms with Crippen molar-refractivity contribution in [1.29, 1.82) is 0 Å². The summed E-state index contributed by atoms with van der Waals surface area (Å²) in [6.07, 6.45) is 0.951. The average molecular weight is 278 g/mol. The molecule has 20 heavy (non-hydrogen) atoms. The van der Waals surface area contributed by atoms with E-state index in [0.29, 0.717) is 6.61 Å². The third-order valence-corrected chi connectivity index (χ3v) is 3.13. The van der Waals surface area contributed by atoms with E-state index in [9.17, 15) is 4.79 Å². The largest absolute Gasteiger partial charge is 0.494 e. The molecule has 1 aromatic carbocycles. The molecule has 1 aromatic rings. The Bertz CT molecular complexity index is 403. The molecule has 0 fully saturated rings. The van der Waals surface area contributed by atoms with E-state index >= 15 is 0 Å². The van der Waals surface area contributed by atoms with Gasteiger partial charge < -0.3 is 10.1 Å². The molecule has 0 aliphatic carbocycles. The van der Waals surface area contributed by atoms with Crippen LogP contribution in [0.1, 0.15) is 45.7 Å². The molecule has 4 nitrogen and oxygen atoms in total. The van der Waals surface area contributed by atoms with Crippen LogP contribution in [0.3, 0.4) is 0 Å². The maximum atomic E-state index is 11.8. The summed E-state index contributed by atoms with van der Waals surface area (Å²) in [6, 6.07) is 7.88. The molecule has 2 unspecified atom stereocenters. The maximum Gasteiger partial charge on any atom is 0.236 e. The van der Waals surface area contributed by atoms with Crippen molar-refractivity contribution in [2.24, 2.45) is 0 Å². The number of carbonyl (C=O) groups is 1. The van der Waals surface area contributed by atoms with Gasteiger partial charge in [0.2, 0.25) is 5.91 Å². The Labute approximate surface area is 121 Å². The highest BCUT2D eigenvalue weighted by Gasteiger charge is 2.15. The van der Waals surface area contributed by atoms with Gasteiger partial charge in [0, 0.05) is 12.6 Å². The molecule has 2 atom stereocenters. The standard InChI is InChI=1S/C16H26N2O2/c1-5-11-17-16(19)13(4)18-12(3)14-7-9-15(10-8-14)20-6-2/h7-10,12-13,18H,5-6,11H2,1-4H3,(H,17,19). The van der Waals surface area contributed by atoms with Crippen molar-refractivity contribution >= 4 is 5.91 Å². The first kappa shape index (κ1) is 16.5. The number of hydrogen-bond acceptors (Lipinski definition) is 3. The molecule has 0 bridgehead atoms. The van der Waals surface area contributed by atoms with Gasteiger partial charge in [0.15, 0.2) is 0 Å². The summed E-state index contributed by atoms with van der Waals surface area (Å²) in [6.45, 7) is 9.34. The van der Waals surface area contributed by atoms with Gasteiger partial charge >= 0.3 is 0 Å². The zero-order chi connectivity index (χ0) is 15.0. The highest BCUT2D eigenvalue weighted by atomic mass is 16.5. The Morgan fingerprint density at radius 3 is 2.40 bits per heavy atom. The molecule has 1 amide bonds. The molecule has 0 radical (unpaired) electrons. The number of nitrogens with one attached hydrogen (secondary N) is 2. The van der Waals surface area contributed by atoms with Gasteiger partial charge in [0.25, 0.3) is 0 Å². The minimum Gasteiger partial charge on any atom is -0.494 e. The second kappa shape index (κ2) is 8.59. The lowest BCUT2D eigenvalue weighted by Crippen LogP contribution is -2.43. The first-order valence-electron chi connectivity index (χ1n) is 7.35. The highest BCUT2D eigenvalue weighted by Crippen LogP contribution is 2.18. The van der Waals surface area contributed by atoms with E-state index in [4.69, 9.17) is 4.74 Å². The minimum absolute atomic E-state index is 0.0460.